The van der Waals surface area contributed by atoms with Crippen LogP contribution in [0.4, 0.5) is 19.7 Å². The largest absolute Gasteiger partial charge is 0.326 e. The predicted molar refractivity (Wildman–Crippen MR) is 98.8 cm³/mol. The standard InChI is InChI=1S/C19H23FN4O4/c1-19(12-7-3-2-4-8-12)16(26)24(18(28)23-19)11-15(25)22-17(27)21-14-10-6-5-9-13(14)20/h5-6,9-10,12H,2-4,7-8,11H2,1H3,(H,23,28)(H2,21,22,25,27)/t19-/m1/s1. The van der Waals surface area contributed by atoms with Crippen LogP contribution in [0.5, 0.6) is 0 Å². The van der Waals surface area contributed by atoms with E-state index in [0.29, 0.717) is 0 Å². The summed E-state index contributed by atoms with van der Waals surface area (Å²) in [6.07, 6.45) is 4.79. The number of carbonyl (C=O) groups excluding carboxylic acids is 4. The first-order valence-corrected chi connectivity index (χ1v) is 9.30. The lowest BCUT2D eigenvalue weighted by atomic mass is 9.75. The number of carbonyl (C=O) groups is 4. The minimum absolute atomic E-state index is 0.0233. The van der Waals surface area contributed by atoms with Crippen molar-refractivity contribution in [1.29, 1.82) is 0 Å². The summed E-state index contributed by atoms with van der Waals surface area (Å²) < 4.78 is 13.5. The zero-order valence-electron chi connectivity index (χ0n) is 15.6. The molecule has 1 saturated heterocycles. The van der Waals surface area contributed by atoms with E-state index >= 15 is 0 Å². The molecule has 1 atom stereocenters. The van der Waals surface area contributed by atoms with Gasteiger partial charge in [-0.2, -0.15) is 0 Å². The first-order chi connectivity index (χ1) is 13.3. The highest BCUT2D eigenvalue weighted by Crippen LogP contribution is 2.36. The third kappa shape index (κ3) is 3.97. The molecule has 1 aromatic rings. The normalized spacial score (nSPS) is 22.7. The van der Waals surface area contributed by atoms with Crippen LogP contribution in [0.15, 0.2) is 24.3 Å². The van der Waals surface area contributed by atoms with Gasteiger partial charge in [-0.15, -0.1) is 0 Å². The number of nitrogens with one attached hydrogen (secondary N) is 3. The fraction of sp³-hybridized carbons (Fsp3) is 0.474. The highest BCUT2D eigenvalue weighted by molar-refractivity contribution is 6.10. The second-order valence-electron chi connectivity index (χ2n) is 7.34. The van der Waals surface area contributed by atoms with Crippen molar-refractivity contribution >= 4 is 29.6 Å². The van der Waals surface area contributed by atoms with Gasteiger partial charge in [-0.1, -0.05) is 31.4 Å². The molecule has 6 amide bonds. The number of rotatable bonds is 4. The Bertz CT molecular complexity index is 809. The van der Waals surface area contributed by atoms with E-state index in [1.54, 1.807) is 6.92 Å². The van der Waals surface area contributed by atoms with Crippen molar-refractivity contribution < 1.29 is 23.6 Å². The molecular weight excluding hydrogens is 367 g/mol. The molecular formula is C19H23FN4O4. The molecule has 1 aliphatic heterocycles. The van der Waals surface area contributed by atoms with Crippen molar-refractivity contribution in [2.24, 2.45) is 5.92 Å². The molecule has 0 spiro atoms. The molecule has 2 aliphatic rings. The number of urea groups is 2. The summed E-state index contributed by atoms with van der Waals surface area (Å²) in [5.41, 5.74) is -1.12. The first-order valence-electron chi connectivity index (χ1n) is 9.30. The molecule has 0 radical (unpaired) electrons. The summed E-state index contributed by atoms with van der Waals surface area (Å²) in [6.45, 7) is 1.10. The number of anilines is 1. The van der Waals surface area contributed by atoms with Crippen LogP contribution in [0.1, 0.15) is 39.0 Å². The van der Waals surface area contributed by atoms with E-state index in [0.717, 1.165) is 43.1 Å². The highest BCUT2D eigenvalue weighted by Gasteiger charge is 2.52. The number of para-hydroxylation sites is 1. The maximum atomic E-state index is 13.5. The van der Waals surface area contributed by atoms with Gasteiger partial charge in [-0.05, 0) is 37.8 Å². The van der Waals surface area contributed by atoms with Crippen LogP contribution in [-0.2, 0) is 9.59 Å². The van der Waals surface area contributed by atoms with Crippen LogP contribution in [0, 0.1) is 11.7 Å². The summed E-state index contributed by atoms with van der Waals surface area (Å²) in [5.74, 6) is -1.93. The number of imide groups is 2. The van der Waals surface area contributed by atoms with Crippen molar-refractivity contribution in [1.82, 2.24) is 15.5 Å². The van der Waals surface area contributed by atoms with Crippen LogP contribution >= 0.6 is 0 Å². The average Bonchev–Trinajstić information content (AvgIpc) is 2.88. The van der Waals surface area contributed by atoms with Gasteiger partial charge >= 0.3 is 12.1 Å². The topological polar surface area (TPSA) is 108 Å². The third-order valence-electron chi connectivity index (χ3n) is 5.40. The zero-order valence-corrected chi connectivity index (χ0v) is 15.6. The Labute approximate surface area is 161 Å². The maximum absolute atomic E-state index is 13.5. The van der Waals surface area contributed by atoms with E-state index in [4.69, 9.17) is 0 Å². The number of hydrogen-bond acceptors (Lipinski definition) is 4. The number of amides is 6. The summed E-state index contributed by atoms with van der Waals surface area (Å²) in [7, 11) is 0. The minimum Gasteiger partial charge on any atom is -0.323 e. The van der Waals surface area contributed by atoms with Crippen LogP contribution < -0.4 is 16.0 Å². The molecule has 150 valence electrons. The lowest BCUT2D eigenvalue weighted by Crippen LogP contribution is -2.51. The summed E-state index contributed by atoms with van der Waals surface area (Å²) >= 11 is 0. The van der Waals surface area contributed by atoms with Crippen molar-refractivity contribution in [3.8, 4) is 0 Å². The fourth-order valence-electron chi connectivity index (χ4n) is 3.84. The second kappa shape index (κ2) is 7.95. The van der Waals surface area contributed by atoms with Gasteiger partial charge in [0.05, 0.1) is 5.69 Å². The van der Waals surface area contributed by atoms with Gasteiger partial charge in [0.15, 0.2) is 0 Å². The SMILES string of the molecule is C[C@]1(C2CCCCC2)NC(=O)N(CC(=O)NC(=O)Nc2ccccc2F)C1=O. The van der Waals surface area contributed by atoms with Crippen LogP contribution in [0.25, 0.3) is 0 Å². The van der Waals surface area contributed by atoms with E-state index in [2.05, 4.69) is 10.6 Å². The van der Waals surface area contributed by atoms with E-state index in [1.165, 1.54) is 18.2 Å². The molecule has 2 fully saturated rings. The number of halogens is 1. The Morgan fingerprint density at radius 2 is 1.89 bits per heavy atom. The van der Waals surface area contributed by atoms with Gasteiger partial charge in [0.25, 0.3) is 5.91 Å². The van der Waals surface area contributed by atoms with E-state index in [-0.39, 0.29) is 11.6 Å². The third-order valence-corrected chi connectivity index (χ3v) is 5.40. The Hall–Kier alpha value is -2.97. The molecule has 0 bridgehead atoms. The van der Waals surface area contributed by atoms with E-state index < -0.39 is 41.8 Å². The quantitative estimate of drug-likeness (QED) is 0.686. The van der Waals surface area contributed by atoms with Gasteiger partial charge in [0, 0.05) is 0 Å². The van der Waals surface area contributed by atoms with Crippen LogP contribution in [-0.4, -0.2) is 40.9 Å². The van der Waals surface area contributed by atoms with Crippen LogP contribution in [0.3, 0.4) is 0 Å². The molecule has 9 heteroatoms. The Kier molecular flexibility index (Phi) is 5.62. The van der Waals surface area contributed by atoms with Crippen molar-refractivity contribution in [2.45, 2.75) is 44.6 Å². The van der Waals surface area contributed by atoms with Crippen LogP contribution in [0.2, 0.25) is 0 Å². The molecule has 3 rings (SSSR count). The van der Waals surface area contributed by atoms with Gasteiger partial charge in [0.1, 0.15) is 17.9 Å². The predicted octanol–water partition coefficient (Wildman–Crippen LogP) is 2.36. The summed E-state index contributed by atoms with van der Waals surface area (Å²) in [4.78, 5) is 49.9. The number of hydrogen-bond donors (Lipinski definition) is 3. The lowest BCUT2D eigenvalue weighted by molar-refractivity contribution is -0.136. The zero-order chi connectivity index (χ0) is 20.3. The van der Waals surface area contributed by atoms with Crippen molar-refractivity contribution in [3.05, 3.63) is 30.1 Å². The Morgan fingerprint density at radius 3 is 2.57 bits per heavy atom. The van der Waals surface area contributed by atoms with E-state index in [9.17, 15) is 23.6 Å². The van der Waals surface area contributed by atoms with Gasteiger partial charge in [-0.3, -0.25) is 19.8 Å². The van der Waals surface area contributed by atoms with Gasteiger partial charge in [-0.25, -0.2) is 14.0 Å². The molecule has 28 heavy (non-hydrogen) atoms. The van der Waals surface area contributed by atoms with Gasteiger partial charge < -0.3 is 10.6 Å². The summed E-state index contributed by atoms with van der Waals surface area (Å²) in [5, 5.41) is 6.92. The number of benzene rings is 1. The molecule has 8 nitrogen and oxygen atoms in total. The molecule has 3 N–H and O–H groups in total. The highest BCUT2D eigenvalue weighted by atomic mass is 19.1. The first kappa shape index (κ1) is 19.8. The smallest absolute Gasteiger partial charge is 0.323 e. The second-order valence-corrected chi connectivity index (χ2v) is 7.34. The fourth-order valence-corrected chi connectivity index (χ4v) is 3.84. The molecule has 1 aliphatic carbocycles. The monoisotopic (exact) mass is 390 g/mol. The minimum atomic E-state index is -1.03. The molecule has 0 aromatic heterocycles. The lowest BCUT2D eigenvalue weighted by Gasteiger charge is -2.34. The molecule has 1 saturated carbocycles. The van der Waals surface area contributed by atoms with Crippen molar-refractivity contribution in [3.63, 3.8) is 0 Å². The van der Waals surface area contributed by atoms with E-state index in [1.807, 2.05) is 5.32 Å². The van der Waals surface area contributed by atoms with Crippen molar-refractivity contribution in [2.75, 3.05) is 11.9 Å². The Balaban J connectivity index is 1.59. The average molecular weight is 390 g/mol. The maximum Gasteiger partial charge on any atom is 0.326 e. The molecule has 0 unspecified atom stereocenters. The molecule has 1 heterocycles. The van der Waals surface area contributed by atoms with Gasteiger partial charge in [0.2, 0.25) is 5.91 Å². The summed E-state index contributed by atoms with van der Waals surface area (Å²) in [6, 6.07) is 3.90. The number of nitrogens with zero attached hydrogens (tertiary/aromatic N) is 1. The molecule has 1 aromatic carbocycles. The Morgan fingerprint density at radius 1 is 1.21 bits per heavy atom.